The third kappa shape index (κ3) is 3.45. The fraction of sp³-hybridized carbons (Fsp3) is 0.846. The number of hydrogen-bond acceptors (Lipinski definition) is 3. The Kier molecular flexibility index (Phi) is 5.14. The molecule has 0 bridgehead atoms. The summed E-state index contributed by atoms with van der Waals surface area (Å²) in [4.78, 5) is 23.4. The van der Waals surface area contributed by atoms with E-state index in [9.17, 15) is 14.7 Å². The Hall–Kier alpha value is -1.10. The van der Waals surface area contributed by atoms with Gasteiger partial charge in [-0.05, 0) is 25.2 Å². The van der Waals surface area contributed by atoms with Gasteiger partial charge in [0, 0.05) is 0 Å². The van der Waals surface area contributed by atoms with Crippen LogP contribution in [0.15, 0.2) is 0 Å². The molecule has 5 nitrogen and oxygen atoms in total. The quantitative estimate of drug-likeness (QED) is 0.690. The highest BCUT2D eigenvalue weighted by molar-refractivity contribution is 5.89. The van der Waals surface area contributed by atoms with Crippen LogP contribution in [0, 0.1) is 5.92 Å². The van der Waals surface area contributed by atoms with Crippen molar-refractivity contribution < 1.29 is 14.7 Å². The summed E-state index contributed by atoms with van der Waals surface area (Å²) >= 11 is 0. The minimum absolute atomic E-state index is 0.317. The molecular weight excluding hydrogens is 232 g/mol. The van der Waals surface area contributed by atoms with Gasteiger partial charge >= 0.3 is 5.97 Å². The first-order valence-electron chi connectivity index (χ1n) is 6.72. The molecule has 0 aromatic carbocycles. The zero-order chi connectivity index (χ0) is 13.8. The molecule has 3 atom stereocenters. The predicted molar refractivity (Wildman–Crippen MR) is 69.0 cm³/mol. The van der Waals surface area contributed by atoms with Gasteiger partial charge < -0.3 is 16.2 Å². The van der Waals surface area contributed by atoms with Crippen LogP contribution in [0.2, 0.25) is 0 Å². The van der Waals surface area contributed by atoms with E-state index in [0.29, 0.717) is 25.2 Å². The maximum Gasteiger partial charge on any atom is 0.329 e. The van der Waals surface area contributed by atoms with E-state index in [1.165, 1.54) is 0 Å². The van der Waals surface area contributed by atoms with E-state index in [1.807, 2.05) is 13.8 Å². The van der Waals surface area contributed by atoms with E-state index in [1.54, 1.807) is 0 Å². The minimum Gasteiger partial charge on any atom is -0.480 e. The highest BCUT2D eigenvalue weighted by Crippen LogP contribution is 2.32. The second-order valence-corrected chi connectivity index (χ2v) is 5.47. The third-order valence-corrected chi connectivity index (χ3v) is 3.71. The molecular formula is C13H24N2O3. The second kappa shape index (κ2) is 6.18. The smallest absolute Gasteiger partial charge is 0.329 e. The van der Waals surface area contributed by atoms with Gasteiger partial charge in [-0.25, -0.2) is 4.79 Å². The van der Waals surface area contributed by atoms with Crippen LogP contribution in [0.5, 0.6) is 0 Å². The molecule has 0 aliphatic heterocycles. The number of amides is 1. The Balaban J connectivity index is 2.74. The first-order valence-corrected chi connectivity index (χ1v) is 6.72. The summed E-state index contributed by atoms with van der Waals surface area (Å²) in [6.07, 6.45) is 4.23. The molecule has 0 saturated heterocycles. The van der Waals surface area contributed by atoms with Crippen LogP contribution in [-0.4, -0.2) is 28.6 Å². The summed E-state index contributed by atoms with van der Waals surface area (Å²) < 4.78 is 0. The lowest BCUT2D eigenvalue weighted by Gasteiger charge is -2.37. The fourth-order valence-electron chi connectivity index (χ4n) is 2.68. The van der Waals surface area contributed by atoms with Gasteiger partial charge in [-0.1, -0.05) is 33.1 Å². The number of carboxylic acids is 1. The standard InChI is InChI=1S/C13H24N2O3/c1-3-5-10(14)11(16)15-13(12(17)18)7-4-6-9(2)8-13/h9-10H,3-8,14H2,1-2H3,(H,15,16)(H,17,18)/t9?,10-,13?/m0/s1. The summed E-state index contributed by atoms with van der Waals surface area (Å²) in [5.74, 6) is -0.961. The number of aliphatic carboxylic acids is 1. The molecule has 0 radical (unpaired) electrons. The van der Waals surface area contributed by atoms with Crippen molar-refractivity contribution in [3.63, 3.8) is 0 Å². The maximum absolute atomic E-state index is 11.9. The van der Waals surface area contributed by atoms with E-state index in [2.05, 4.69) is 5.32 Å². The van der Waals surface area contributed by atoms with Crippen LogP contribution in [0.25, 0.3) is 0 Å². The lowest BCUT2D eigenvalue weighted by molar-refractivity contribution is -0.150. The van der Waals surface area contributed by atoms with Gasteiger partial charge in [0.1, 0.15) is 5.54 Å². The van der Waals surface area contributed by atoms with Crippen molar-refractivity contribution in [1.29, 1.82) is 0 Å². The average molecular weight is 256 g/mol. The summed E-state index contributed by atoms with van der Waals surface area (Å²) in [6.45, 7) is 3.97. The first-order chi connectivity index (χ1) is 8.41. The Bertz CT molecular complexity index is 319. The molecule has 1 saturated carbocycles. The van der Waals surface area contributed by atoms with Crippen LogP contribution in [0.3, 0.4) is 0 Å². The van der Waals surface area contributed by atoms with E-state index in [-0.39, 0.29) is 5.91 Å². The van der Waals surface area contributed by atoms with Gasteiger partial charge in [0.25, 0.3) is 0 Å². The van der Waals surface area contributed by atoms with Crippen molar-refractivity contribution in [2.45, 2.75) is 64.0 Å². The maximum atomic E-state index is 11.9. The van der Waals surface area contributed by atoms with Gasteiger partial charge in [-0.2, -0.15) is 0 Å². The number of nitrogens with two attached hydrogens (primary N) is 1. The van der Waals surface area contributed by atoms with Gasteiger partial charge in [-0.15, -0.1) is 0 Å². The number of rotatable bonds is 5. The fourth-order valence-corrected chi connectivity index (χ4v) is 2.68. The largest absolute Gasteiger partial charge is 0.480 e. The number of carbonyl (C=O) groups is 2. The number of carbonyl (C=O) groups excluding carboxylic acids is 1. The summed E-state index contributed by atoms with van der Waals surface area (Å²) in [5.41, 5.74) is 4.62. The zero-order valence-corrected chi connectivity index (χ0v) is 11.2. The molecule has 0 aromatic heterocycles. The predicted octanol–water partition coefficient (Wildman–Crippen LogP) is 1.26. The third-order valence-electron chi connectivity index (χ3n) is 3.71. The van der Waals surface area contributed by atoms with Gasteiger partial charge in [0.15, 0.2) is 0 Å². The Morgan fingerprint density at radius 3 is 2.72 bits per heavy atom. The van der Waals surface area contributed by atoms with Gasteiger partial charge in [0.2, 0.25) is 5.91 Å². The molecule has 1 fully saturated rings. The Labute approximate surface area is 108 Å². The zero-order valence-electron chi connectivity index (χ0n) is 11.2. The number of nitrogens with one attached hydrogen (secondary N) is 1. The van der Waals surface area contributed by atoms with Crippen molar-refractivity contribution >= 4 is 11.9 Å². The monoisotopic (exact) mass is 256 g/mol. The Morgan fingerprint density at radius 1 is 1.56 bits per heavy atom. The SMILES string of the molecule is CCC[C@H](N)C(=O)NC1(C(=O)O)CCCC(C)C1. The van der Waals surface area contributed by atoms with E-state index in [0.717, 1.165) is 19.3 Å². The van der Waals surface area contributed by atoms with Crippen molar-refractivity contribution in [2.24, 2.45) is 11.7 Å². The highest BCUT2D eigenvalue weighted by atomic mass is 16.4. The second-order valence-electron chi connectivity index (χ2n) is 5.47. The molecule has 0 spiro atoms. The minimum atomic E-state index is -1.11. The summed E-state index contributed by atoms with van der Waals surface area (Å²) in [5, 5.41) is 12.1. The van der Waals surface area contributed by atoms with Crippen LogP contribution in [-0.2, 0) is 9.59 Å². The van der Waals surface area contributed by atoms with Crippen molar-refractivity contribution in [3.8, 4) is 0 Å². The lowest BCUT2D eigenvalue weighted by Crippen LogP contribution is -2.59. The molecule has 2 unspecified atom stereocenters. The van der Waals surface area contributed by atoms with E-state index < -0.39 is 17.6 Å². The molecule has 0 heterocycles. The number of carboxylic acid groups (broad SMARTS) is 1. The summed E-state index contributed by atoms with van der Waals surface area (Å²) in [6, 6.07) is -0.608. The topological polar surface area (TPSA) is 92.4 Å². The highest BCUT2D eigenvalue weighted by Gasteiger charge is 2.43. The van der Waals surface area contributed by atoms with Crippen LogP contribution in [0.1, 0.15) is 52.4 Å². The molecule has 18 heavy (non-hydrogen) atoms. The van der Waals surface area contributed by atoms with E-state index >= 15 is 0 Å². The lowest BCUT2D eigenvalue weighted by atomic mass is 9.76. The molecule has 5 heteroatoms. The molecule has 104 valence electrons. The molecule has 1 aliphatic rings. The van der Waals surface area contributed by atoms with E-state index in [4.69, 9.17) is 5.73 Å². The van der Waals surface area contributed by atoms with Crippen molar-refractivity contribution in [2.75, 3.05) is 0 Å². The van der Waals surface area contributed by atoms with Gasteiger partial charge in [0.05, 0.1) is 6.04 Å². The van der Waals surface area contributed by atoms with Crippen LogP contribution >= 0.6 is 0 Å². The van der Waals surface area contributed by atoms with Crippen molar-refractivity contribution in [3.05, 3.63) is 0 Å². The molecule has 1 rings (SSSR count). The molecule has 1 aliphatic carbocycles. The Morgan fingerprint density at radius 2 is 2.22 bits per heavy atom. The average Bonchev–Trinajstić information content (AvgIpc) is 2.29. The molecule has 0 aromatic rings. The van der Waals surface area contributed by atoms with Crippen molar-refractivity contribution in [1.82, 2.24) is 5.32 Å². The molecule has 1 amide bonds. The first kappa shape index (κ1) is 15.0. The number of hydrogen-bond donors (Lipinski definition) is 3. The summed E-state index contributed by atoms with van der Waals surface area (Å²) in [7, 11) is 0. The van der Waals surface area contributed by atoms with Crippen LogP contribution in [0.4, 0.5) is 0 Å². The normalized spacial score (nSPS) is 29.6. The van der Waals surface area contributed by atoms with Gasteiger partial charge in [-0.3, -0.25) is 4.79 Å². The molecule has 4 N–H and O–H groups in total. The van der Waals surface area contributed by atoms with Crippen LogP contribution < -0.4 is 11.1 Å².